The monoisotopic (exact) mass is 403 g/mol. The van der Waals surface area contributed by atoms with Crippen LogP contribution in [-0.2, 0) is 6.54 Å². The van der Waals surface area contributed by atoms with Gasteiger partial charge in [0.1, 0.15) is 10.0 Å². The van der Waals surface area contributed by atoms with E-state index in [-0.39, 0.29) is 16.3 Å². The molecule has 0 amide bonds. The van der Waals surface area contributed by atoms with Crippen LogP contribution in [0.25, 0.3) is 0 Å². The molecule has 0 saturated carbocycles. The molecule has 0 radical (unpaired) electrons. The molecule has 1 aromatic heterocycles. The first-order valence-electron chi connectivity index (χ1n) is 7.77. The van der Waals surface area contributed by atoms with E-state index in [2.05, 4.69) is 39.5 Å². The number of anilines is 1. The van der Waals surface area contributed by atoms with Crippen molar-refractivity contribution in [1.29, 1.82) is 0 Å². The highest BCUT2D eigenvalue weighted by Gasteiger charge is 2.23. The zero-order valence-corrected chi connectivity index (χ0v) is 15.9. The van der Waals surface area contributed by atoms with Crippen molar-refractivity contribution in [2.75, 3.05) is 18.4 Å². The molecular weight excluding hydrogens is 388 g/mol. The Morgan fingerprint density at radius 1 is 0.958 bits per heavy atom. The Hall–Kier alpha value is -0.710. The van der Waals surface area contributed by atoms with E-state index in [9.17, 15) is 0 Å². The van der Waals surface area contributed by atoms with Gasteiger partial charge in [-0.1, -0.05) is 76.7 Å². The highest BCUT2D eigenvalue weighted by molar-refractivity contribution is 6.48. The lowest BCUT2D eigenvalue weighted by Gasteiger charge is -2.33. The highest BCUT2D eigenvalue weighted by Crippen LogP contribution is 2.39. The summed E-state index contributed by atoms with van der Waals surface area (Å²) in [6.45, 7) is 2.99. The first kappa shape index (κ1) is 18.1. The van der Waals surface area contributed by atoms with Gasteiger partial charge in [-0.2, -0.15) is 0 Å². The number of halogens is 4. The number of rotatable bonds is 4. The van der Waals surface area contributed by atoms with Gasteiger partial charge in [0.15, 0.2) is 10.3 Å². The molecule has 2 heterocycles. The number of likely N-dealkylation sites (tertiary alicyclic amines) is 1. The normalized spacial score (nSPS) is 16.3. The largest absolute Gasteiger partial charge is 0.380 e. The Morgan fingerprint density at radius 2 is 1.54 bits per heavy atom. The average Bonchev–Trinajstić information content (AvgIpc) is 2.59. The predicted octanol–water partition coefficient (Wildman–Crippen LogP) is 5.77. The van der Waals surface area contributed by atoms with Gasteiger partial charge in [-0.15, -0.1) is 0 Å². The van der Waals surface area contributed by atoms with E-state index in [1.165, 1.54) is 5.56 Å². The fraction of sp³-hybridized carbons (Fsp3) is 0.353. The average molecular weight is 405 g/mol. The molecule has 3 nitrogen and oxygen atoms in total. The third-order valence-corrected chi connectivity index (χ3v) is 5.66. The highest BCUT2D eigenvalue weighted by atomic mass is 35.5. The van der Waals surface area contributed by atoms with Crippen LogP contribution in [0.3, 0.4) is 0 Å². The molecule has 1 aliphatic heterocycles. The van der Waals surface area contributed by atoms with E-state index in [1.807, 2.05) is 6.07 Å². The fourth-order valence-electron chi connectivity index (χ4n) is 2.89. The van der Waals surface area contributed by atoms with Crippen LogP contribution in [-0.4, -0.2) is 29.0 Å². The van der Waals surface area contributed by atoms with Gasteiger partial charge in [0.25, 0.3) is 0 Å². The van der Waals surface area contributed by atoms with Gasteiger partial charge in [0.2, 0.25) is 0 Å². The number of nitrogens with zero attached hydrogens (tertiary/aromatic N) is 2. The first-order valence-corrected chi connectivity index (χ1v) is 9.28. The number of piperidine rings is 1. The SMILES string of the molecule is Clc1nc(Cl)c(Cl)c(NC2CCN(Cc3ccccc3)CC2)c1Cl. The number of hydrogen-bond acceptors (Lipinski definition) is 3. The second kappa shape index (κ2) is 8.11. The number of pyridine rings is 1. The number of benzene rings is 1. The van der Waals surface area contributed by atoms with E-state index in [0.29, 0.717) is 15.7 Å². The summed E-state index contributed by atoms with van der Waals surface area (Å²) >= 11 is 24.4. The summed E-state index contributed by atoms with van der Waals surface area (Å²) in [6, 6.07) is 10.8. The Morgan fingerprint density at radius 3 is 2.12 bits per heavy atom. The molecule has 0 spiro atoms. The molecule has 1 saturated heterocycles. The van der Waals surface area contributed by atoms with Crippen molar-refractivity contribution >= 4 is 52.1 Å². The van der Waals surface area contributed by atoms with E-state index >= 15 is 0 Å². The molecule has 1 fully saturated rings. The predicted molar refractivity (Wildman–Crippen MR) is 103 cm³/mol. The number of nitrogens with one attached hydrogen (secondary N) is 1. The summed E-state index contributed by atoms with van der Waals surface area (Å²) in [5.74, 6) is 0. The van der Waals surface area contributed by atoms with Crippen molar-refractivity contribution in [3.8, 4) is 0 Å². The van der Waals surface area contributed by atoms with Crippen molar-refractivity contribution in [3.63, 3.8) is 0 Å². The van der Waals surface area contributed by atoms with E-state index in [0.717, 1.165) is 32.5 Å². The zero-order chi connectivity index (χ0) is 17.1. The zero-order valence-electron chi connectivity index (χ0n) is 12.9. The van der Waals surface area contributed by atoms with Crippen molar-refractivity contribution in [3.05, 3.63) is 56.2 Å². The summed E-state index contributed by atoms with van der Waals surface area (Å²) < 4.78 is 0. The summed E-state index contributed by atoms with van der Waals surface area (Å²) in [4.78, 5) is 6.35. The van der Waals surface area contributed by atoms with Crippen LogP contribution in [0.15, 0.2) is 30.3 Å². The first-order chi connectivity index (χ1) is 11.5. The molecule has 3 rings (SSSR count). The van der Waals surface area contributed by atoms with Crippen LogP contribution < -0.4 is 5.32 Å². The van der Waals surface area contributed by atoms with E-state index in [4.69, 9.17) is 46.4 Å². The van der Waals surface area contributed by atoms with Crippen molar-refractivity contribution in [1.82, 2.24) is 9.88 Å². The lowest BCUT2D eigenvalue weighted by Crippen LogP contribution is -2.38. The molecule has 0 unspecified atom stereocenters. The Kier molecular flexibility index (Phi) is 6.12. The Bertz CT molecular complexity index is 674. The van der Waals surface area contributed by atoms with Gasteiger partial charge < -0.3 is 5.32 Å². The van der Waals surface area contributed by atoms with E-state index in [1.54, 1.807) is 0 Å². The molecule has 0 atom stereocenters. The van der Waals surface area contributed by atoms with Gasteiger partial charge in [-0.25, -0.2) is 4.98 Å². The standard InChI is InChI=1S/C17H17Cl4N3/c18-13-15(14(19)17(21)23-16(13)20)22-12-6-8-24(9-7-12)10-11-4-2-1-3-5-11/h1-5,12H,6-10H2,(H,22,23). The van der Waals surface area contributed by atoms with Gasteiger partial charge >= 0.3 is 0 Å². The van der Waals surface area contributed by atoms with Crippen LogP contribution in [0, 0.1) is 0 Å². The fourth-order valence-corrected chi connectivity index (χ4v) is 3.73. The topological polar surface area (TPSA) is 28.2 Å². The van der Waals surface area contributed by atoms with Gasteiger partial charge in [-0.3, -0.25) is 4.90 Å². The maximum absolute atomic E-state index is 6.22. The van der Waals surface area contributed by atoms with Crippen molar-refractivity contribution < 1.29 is 0 Å². The minimum Gasteiger partial charge on any atom is -0.380 e. The second-order valence-electron chi connectivity index (χ2n) is 5.88. The van der Waals surface area contributed by atoms with Gasteiger partial charge in [-0.05, 0) is 18.4 Å². The third kappa shape index (κ3) is 4.27. The quantitative estimate of drug-likeness (QED) is 0.655. The van der Waals surface area contributed by atoms with Crippen molar-refractivity contribution in [2.45, 2.75) is 25.4 Å². The molecule has 128 valence electrons. The van der Waals surface area contributed by atoms with Crippen LogP contribution >= 0.6 is 46.4 Å². The molecule has 1 aromatic carbocycles. The van der Waals surface area contributed by atoms with Crippen LogP contribution in [0.5, 0.6) is 0 Å². The second-order valence-corrected chi connectivity index (χ2v) is 7.35. The molecule has 0 bridgehead atoms. The summed E-state index contributed by atoms with van der Waals surface area (Å²) in [5.41, 5.74) is 1.91. The van der Waals surface area contributed by atoms with Crippen molar-refractivity contribution in [2.24, 2.45) is 0 Å². The molecule has 2 aromatic rings. The smallest absolute Gasteiger partial charge is 0.151 e. The lowest BCUT2D eigenvalue weighted by molar-refractivity contribution is 0.211. The van der Waals surface area contributed by atoms with E-state index < -0.39 is 0 Å². The molecule has 7 heteroatoms. The number of hydrogen-bond donors (Lipinski definition) is 1. The lowest BCUT2D eigenvalue weighted by atomic mass is 10.0. The molecular formula is C17H17Cl4N3. The third-order valence-electron chi connectivity index (χ3n) is 4.18. The van der Waals surface area contributed by atoms with Crippen LogP contribution in [0.2, 0.25) is 20.4 Å². The Labute approximate surface area is 161 Å². The van der Waals surface area contributed by atoms with Gasteiger partial charge in [0, 0.05) is 25.7 Å². The molecule has 0 aliphatic carbocycles. The molecule has 1 N–H and O–H groups in total. The maximum Gasteiger partial charge on any atom is 0.151 e. The minimum atomic E-state index is 0.162. The van der Waals surface area contributed by atoms with Crippen LogP contribution in [0.4, 0.5) is 5.69 Å². The van der Waals surface area contributed by atoms with Crippen LogP contribution in [0.1, 0.15) is 18.4 Å². The summed E-state index contributed by atoms with van der Waals surface area (Å²) in [7, 11) is 0. The summed E-state index contributed by atoms with van der Waals surface area (Å²) in [6.07, 6.45) is 1.99. The minimum absolute atomic E-state index is 0.162. The number of aromatic nitrogens is 1. The van der Waals surface area contributed by atoms with Gasteiger partial charge in [0.05, 0.1) is 5.69 Å². The molecule has 24 heavy (non-hydrogen) atoms. The summed E-state index contributed by atoms with van der Waals surface area (Å²) in [5, 5.41) is 4.34. The molecule has 1 aliphatic rings. The Balaban J connectivity index is 1.60. The maximum atomic E-state index is 6.22.